The molecule has 0 atom stereocenters. The van der Waals surface area contributed by atoms with Gasteiger partial charge in [0.2, 0.25) is 0 Å². The molecule has 3 rings (SSSR count). The van der Waals surface area contributed by atoms with E-state index in [4.69, 9.17) is 9.84 Å². The average molecular weight is 269 g/mol. The van der Waals surface area contributed by atoms with Crippen molar-refractivity contribution in [1.82, 2.24) is 5.32 Å². The van der Waals surface area contributed by atoms with E-state index in [1.165, 1.54) is 18.4 Å². The Balaban J connectivity index is 1.61. The third-order valence-corrected chi connectivity index (χ3v) is 3.41. The number of nitrogens with one attached hydrogen (secondary N) is 1. The van der Waals surface area contributed by atoms with Crippen molar-refractivity contribution >= 4 is 0 Å². The molecule has 2 aromatic carbocycles. The fourth-order valence-electron chi connectivity index (χ4n) is 2.07. The summed E-state index contributed by atoms with van der Waals surface area (Å²) in [6.07, 6.45) is 2.62. The first kappa shape index (κ1) is 13.2. The molecule has 1 fully saturated rings. The average Bonchev–Trinajstić information content (AvgIpc) is 3.31. The Labute approximate surface area is 119 Å². The van der Waals surface area contributed by atoms with Gasteiger partial charge in [0.05, 0.1) is 6.61 Å². The zero-order valence-corrected chi connectivity index (χ0v) is 11.4. The van der Waals surface area contributed by atoms with Gasteiger partial charge in [0.15, 0.2) is 0 Å². The summed E-state index contributed by atoms with van der Waals surface area (Å²) in [5.74, 6) is 1.57. The molecule has 0 unspecified atom stereocenters. The second-order valence-corrected chi connectivity index (χ2v) is 5.21. The highest BCUT2D eigenvalue weighted by atomic mass is 16.5. The molecule has 0 aromatic heterocycles. The minimum atomic E-state index is 0.0307. The van der Waals surface area contributed by atoms with Crippen LogP contribution in [0.5, 0.6) is 11.5 Å². The van der Waals surface area contributed by atoms with Gasteiger partial charge in [0.1, 0.15) is 11.5 Å². The molecule has 1 aliphatic rings. The molecule has 2 aromatic rings. The van der Waals surface area contributed by atoms with Gasteiger partial charge in [-0.05, 0) is 48.2 Å². The van der Waals surface area contributed by atoms with Gasteiger partial charge >= 0.3 is 0 Å². The van der Waals surface area contributed by atoms with E-state index in [1.54, 1.807) is 0 Å². The van der Waals surface area contributed by atoms with Crippen molar-refractivity contribution in [2.75, 3.05) is 0 Å². The molecule has 1 saturated carbocycles. The number of ether oxygens (including phenoxy) is 1. The van der Waals surface area contributed by atoms with Crippen LogP contribution >= 0.6 is 0 Å². The number of aliphatic hydroxyl groups excluding tert-OH is 1. The summed E-state index contributed by atoms with van der Waals surface area (Å²) in [6, 6.07) is 16.4. The second-order valence-electron chi connectivity index (χ2n) is 5.21. The van der Waals surface area contributed by atoms with Crippen LogP contribution in [-0.2, 0) is 13.2 Å². The minimum absolute atomic E-state index is 0.0307. The van der Waals surface area contributed by atoms with Crippen molar-refractivity contribution in [3.8, 4) is 11.5 Å². The van der Waals surface area contributed by atoms with Crippen LogP contribution in [0.1, 0.15) is 24.0 Å². The first-order valence-corrected chi connectivity index (χ1v) is 7.03. The summed E-state index contributed by atoms with van der Waals surface area (Å²) in [6.45, 7) is 0.952. The lowest BCUT2D eigenvalue weighted by atomic mass is 10.2. The van der Waals surface area contributed by atoms with E-state index in [2.05, 4.69) is 17.4 Å². The highest BCUT2D eigenvalue weighted by Gasteiger charge is 2.19. The van der Waals surface area contributed by atoms with E-state index < -0.39 is 0 Å². The zero-order valence-electron chi connectivity index (χ0n) is 11.4. The summed E-state index contributed by atoms with van der Waals surface area (Å²) in [5.41, 5.74) is 2.13. The maximum Gasteiger partial charge on any atom is 0.127 e. The lowest BCUT2D eigenvalue weighted by Crippen LogP contribution is -2.14. The lowest BCUT2D eigenvalue weighted by molar-refractivity contribution is 0.281. The van der Waals surface area contributed by atoms with E-state index in [9.17, 15) is 0 Å². The van der Waals surface area contributed by atoms with Crippen molar-refractivity contribution in [3.05, 3.63) is 59.7 Å². The van der Waals surface area contributed by atoms with Crippen LogP contribution < -0.4 is 10.1 Å². The Morgan fingerprint density at radius 2 is 1.80 bits per heavy atom. The summed E-state index contributed by atoms with van der Waals surface area (Å²) < 4.78 is 5.78. The van der Waals surface area contributed by atoms with Gasteiger partial charge in [0, 0.05) is 12.6 Å². The monoisotopic (exact) mass is 269 g/mol. The standard InChI is InChI=1S/C17H19NO2/c19-12-14-2-1-3-17(10-14)20-16-8-4-13(5-9-16)11-18-15-6-7-15/h1-5,8-10,15,18-19H,6-7,11-12H2. The topological polar surface area (TPSA) is 41.5 Å². The van der Waals surface area contributed by atoms with Crippen LogP contribution in [-0.4, -0.2) is 11.1 Å². The van der Waals surface area contributed by atoms with E-state index in [-0.39, 0.29) is 6.61 Å². The molecule has 0 saturated heterocycles. The normalized spacial score (nSPS) is 14.2. The summed E-state index contributed by atoms with van der Waals surface area (Å²) in [7, 11) is 0. The first-order chi connectivity index (χ1) is 9.83. The molecule has 20 heavy (non-hydrogen) atoms. The van der Waals surface area contributed by atoms with Gasteiger partial charge in [-0.25, -0.2) is 0 Å². The van der Waals surface area contributed by atoms with Crippen molar-refractivity contribution in [1.29, 1.82) is 0 Å². The molecule has 0 aliphatic heterocycles. The van der Waals surface area contributed by atoms with Crippen molar-refractivity contribution in [3.63, 3.8) is 0 Å². The third kappa shape index (κ3) is 3.59. The lowest BCUT2D eigenvalue weighted by Gasteiger charge is -2.08. The smallest absolute Gasteiger partial charge is 0.127 e. The van der Waals surface area contributed by atoms with Gasteiger partial charge in [-0.15, -0.1) is 0 Å². The predicted molar refractivity (Wildman–Crippen MR) is 78.7 cm³/mol. The Bertz CT molecular complexity index is 561. The molecule has 0 spiro atoms. The Kier molecular flexibility index (Phi) is 4.00. The molecule has 2 N–H and O–H groups in total. The third-order valence-electron chi connectivity index (χ3n) is 3.41. The molecule has 0 amide bonds. The number of hydrogen-bond acceptors (Lipinski definition) is 3. The van der Waals surface area contributed by atoms with Gasteiger partial charge in [-0.3, -0.25) is 0 Å². The molecule has 0 heterocycles. The fourth-order valence-corrected chi connectivity index (χ4v) is 2.07. The summed E-state index contributed by atoms with van der Waals surface area (Å²) >= 11 is 0. The zero-order chi connectivity index (χ0) is 13.8. The largest absolute Gasteiger partial charge is 0.457 e. The highest BCUT2D eigenvalue weighted by Crippen LogP contribution is 2.23. The van der Waals surface area contributed by atoms with Gasteiger partial charge in [-0.2, -0.15) is 0 Å². The van der Waals surface area contributed by atoms with Crippen LogP contribution in [0.25, 0.3) is 0 Å². The molecule has 3 nitrogen and oxygen atoms in total. The minimum Gasteiger partial charge on any atom is -0.457 e. The Morgan fingerprint density at radius 1 is 1.00 bits per heavy atom. The van der Waals surface area contributed by atoms with E-state index in [1.807, 2.05) is 36.4 Å². The van der Waals surface area contributed by atoms with Gasteiger partial charge in [0.25, 0.3) is 0 Å². The highest BCUT2D eigenvalue weighted by molar-refractivity contribution is 5.35. The van der Waals surface area contributed by atoms with E-state index in [0.717, 1.165) is 29.6 Å². The maximum absolute atomic E-state index is 9.11. The van der Waals surface area contributed by atoms with Crippen molar-refractivity contribution in [2.24, 2.45) is 0 Å². The van der Waals surface area contributed by atoms with Crippen LogP contribution in [0.2, 0.25) is 0 Å². The SMILES string of the molecule is OCc1cccc(Oc2ccc(CNC3CC3)cc2)c1. The Hall–Kier alpha value is -1.84. The van der Waals surface area contributed by atoms with Gasteiger partial charge in [-0.1, -0.05) is 24.3 Å². The number of rotatable bonds is 6. The summed E-state index contributed by atoms with van der Waals surface area (Å²) in [5, 5.41) is 12.6. The quantitative estimate of drug-likeness (QED) is 0.846. The van der Waals surface area contributed by atoms with Crippen LogP contribution in [0.4, 0.5) is 0 Å². The molecular formula is C17H19NO2. The second kappa shape index (κ2) is 6.07. The summed E-state index contributed by atoms with van der Waals surface area (Å²) in [4.78, 5) is 0. The molecule has 104 valence electrons. The maximum atomic E-state index is 9.11. The number of aliphatic hydroxyl groups is 1. The fraction of sp³-hybridized carbons (Fsp3) is 0.294. The Morgan fingerprint density at radius 3 is 2.50 bits per heavy atom. The molecule has 1 aliphatic carbocycles. The van der Waals surface area contributed by atoms with Gasteiger partial charge < -0.3 is 15.2 Å². The van der Waals surface area contributed by atoms with E-state index in [0.29, 0.717) is 0 Å². The molecule has 0 radical (unpaired) electrons. The number of benzene rings is 2. The van der Waals surface area contributed by atoms with Crippen molar-refractivity contribution < 1.29 is 9.84 Å². The molecule has 3 heteroatoms. The number of hydrogen-bond donors (Lipinski definition) is 2. The van der Waals surface area contributed by atoms with E-state index >= 15 is 0 Å². The molecule has 0 bridgehead atoms. The van der Waals surface area contributed by atoms with Crippen molar-refractivity contribution in [2.45, 2.75) is 32.0 Å². The molecular weight excluding hydrogens is 250 g/mol. The van der Waals surface area contributed by atoms with Crippen LogP contribution in [0, 0.1) is 0 Å². The predicted octanol–water partition coefficient (Wildman–Crippen LogP) is 3.22. The first-order valence-electron chi connectivity index (χ1n) is 7.03. The van der Waals surface area contributed by atoms with Crippen LogP contribution in [0.3, 0.4) is 0 Å². The van der Waals surface area contributed by atoms with Crippen LogP contribution in [0.15, 0.2) is 48.5 Å².